The molecule has 0 fully saturated rings. The summed E-state index contributed by atoms with van der Waals surface area (Å²) >= 11 is 4.49. The zero-order valence-corrected chi connectivity index (χ0v) is 6.62. The molecule has 0 rings (SSSR count). The molecule has 0 aliphatic rings. The first kappa shape index (κ1) is 9.05. The molecule has 0 bridgehead atoms. The van der Waals surface area contributed by atoms with Gasteiger partial charge in [0.2, 0.25) is 0 Å². The molecular formula is C7H13OS. The van der Waals surface area contributed by atoms with Crippen LogP contribution in [0.3, 0.4) is 0 Å². The summed E-state index contributed by atoms with van der Waals surface area (Å²) in [5, 5.41) is 11.9. The lowest BCUT2D eigenvalue weighted by atomic mass is 10.1. The number of hydrogen-bond acceptors (Lipinski definition) is 1. The van der Waals surface area contributed by atoms with Gasteiger partial charge in [-0.3, -0.25) is 0 Å². The Bertz CT molecular complexity index is 73.3. The van der Waals surface area contributed by atoms with Crippen molar-refractivity contribution < 1.29 is 5.11 Å². The van der Waals surface area contributed by atoms with Gasteiger partial charge < -0.3 is 0 Å². The van der Waals surface area contributed by atoms with Crippen LogP contribution in [0.15, 0.2) is 0 Å². The van der Waals surface area contributed by atoms with Crippen LogP contribution in [0, 0.1) is 0 Å². The molecule has 9 heavy (non-hydrogen) atoms. The van der Waals surface area contributed by atoms with Crippen LogP contribution in [0.2, 0.25) is 0 Å². The minimum atomic E-state index is -0.605. The lowest BCUT2D eigenvalue weighted by Crippen LogP contribution is -2.03. The van der Waals surface area contributed by atoms with Crippen LogP contribution in [0.4, 0.5) is 0 Å². The van der Waals surface area contributed by atoms with Crippen molar-refractivity contribution in [2.45, 2.75) is 38.7 Å². The molecule has 1 atom stereocenters. The highest BCUT2D eigenvalue weighted by molar-refractivity contribution is 7.79. The van der Waals surface area contributed by atoms with E-state index in [4.69, 9.17) is 0 Å². The Labute approximate surface area is 62.1 Å². The summed E-state index contributed by atoms with van der Waals surface area (Å²) in [6, 6.07) is 0. The number of hydrogen-bond donors (Lipinski definition) is 0. The van der Waals surface area contributed by atoms with Crippen LogP contribution in [-0.2, 0) is 5.11 Å². The summed E-state index contributed by atoms with van der Waals surface area (Å²) in [5.41, 5.74) is 0. The third-order valence-electron chi connectivity index (χ3n) is 1.24. The summed E-state index contributed by atoms with van der Waals surface area (Å²) in [7, 11) is 0. The van der Waals surface area contributed by atoms with Gasteiger partial charge in [0.05, 0.1) is 0 Å². The zero-order valence-electron chi connectivity index (χ0n) is 5.80. The molecule has 0 aliphatic carbocycles. The van der Waals surface area contributed by atoms with E-state index in [-0.39, 0.29) is 0 Å². The highest BCUT2D eigenvalue weighted by Gasteiger charge is 1.98. The topological polar surface area (TPSA) is 19.9 Å². The SMILES string of the molecule is CCCCCC([O])C=S. The molecule has 0 aromatic carbocycles. The maximum Gasteiger partial charge on any atom is 0.121 e. The molecule has 0 N–H and O–H groups in total. The van der Waals surface area contributed by atoms with E-state index < -0.39 is 6.10 Å². The monoisotopic (exact) mass is 145 g/mol. The molecule has 2 heteroatoms. The molecule has 1 unspecified atom stereocenters. The Morgan fingerprint density at radius 3 is 2.67 bits per heavy atom. The fourth-order valence-electron chi connectivity index (χ4n) is 0.664. The third-order valence-corrected chi connectivity index (χ3v) is 1.55. The van der Waals surface area contributed by atoms with Crippen LogP contribution in [0.5, 0.6) is 0 Å². The van der Waals surface area contributed by atoms with Crippen molar-refractivity contribution in [3.63, 3.8) is 0 Å². The highest BCUT2D eigenvalue weighted by atomic mass is 32.1. The molecule has 53 valence electrons. The van der Waals surface area contributed by atoms with E-state index >= 15 is 0 Å². The van der Waals surface area contributed by atoms with Crippen LogP contribution in [-0.4, -0.2) is 11.5 Å². The summed E-state index contributed by atoms with van der Waals surface area (Å²) < 4.78 is 0. The van der Waals surface area contributed by atoms with Gasteiger partial charge in [-0.05, 0) is 6.42 Å². The van der Waals surface area contributed by atoms with E-state index in [1.54, 1.807) is 0 Å². The van der Waals surface area contributed by atoms with Crippen molar-refractivity contribution in [3.8, 4) is 0 Å². The average Bonchev–Trinajstić information content (AvgIpc) is 1.89. The second-order valence-electron chi connectivity index (χ2n) is 2.17. The molecule has 0 spiro atoms. The van der Waals surface area contributed by atoms with E-state index in [1.165, 1.54) is 11.8 Å². The maximum absolute atomic E-state index is 10.6. The van der Waals surface area contributed by atoms with E-state index in [2.05, 4.69) is 19.1 Å². The fraction of sp³-hybridized carbons (Fsp3) is 0.857. The quantitative estimate of drug-likeness (QED) is 0.429. The molecule has 1 radical (unpaired) electrons. The Hall–Kier alpha value is 0.0500. The molecule has 0 heterocycles. The number of thiocarbonyl (C=S) groups is 1. The minimum absolute atomic E-state index is 0.605. The van der Waals surface area contributed by atoms with Crippen LogP contribution < -0.4 is 0 Å². The second kappa shape index (κ2) is 6.17. The van der Waals surface area contributed by atoms with Crippen molar-refractivity contribution in [1.82, 2.24) is 0 Å². The van der Waals surface area contributed by atoms with Crippen LogP contribution in [0.25, 0.3) is 0 Å². The van der Waals surface area contributed by atoms with Crippen molar-refractivity contribution in [2.24, 2.45) is 0 Å². The standard InChI is InChI=1S/C7H13OS/c1-2-3-4-5-7(8)6-9/h6-7H,2-5H2,1H3. The summed E-state index contributed by atoms with van der Waals surface area (Å²) in [5.74, 6) is 0. The van der Waals surface area contributed by atoms with Gasteiger partial charge in [0.1, 0.15) is 6.10 Å². The largest absolute Gasteiger partial charge is 0.228 e. The average molecular weight is 145 g/mol. The Morgan fingerprint density at radius 2 is 2.22 bits per heavy atom. The molecule has 0 aliphatic heterocycles. The second-order valence-corrected chi connectivity index (χ2v) is 2.44. The first-order valence-electron chi connectivity index (χ1n) is 3.42. The number of unbranched alkanes of at least 4 members (excludes halogenated alkanes) is 2. The van der Waals surface area contributed by atoms with Gasteiger partial charge in [-0.1, -0.05) is 38.4 Å². The minimum Gasteiger partial charge on any atom is -0.228 e. The van der Waals surface area contributed by atoms with Gasteiger partial charge in [0.25, 0.3) is 0 Å². The first-order valence-corrected chi connectivity index (χ1v) is 3.89. The van der Waals surface area contributed by atoms with Crippen molar-refractivity contribution in [1.29, 1.82) is 0 Å². The molecule has 0 saturated carbocycles. The van der Waals surface area contributed by atoms with Gasteiger partial charge in [-0.15, -0.1) is 0 Å². The zero-order chi connectivity index (χ0) is 7.11. The molecule has 0 aromatic rings. The smallest absolute Gasteiger partial charge is 0.121 e. The van der Waals surface area contributed by atoms with E-state index in [9.17, 15) is 5.11 Å². The molecule has 0 amide bonds. The van der Waals surface area contributed by atoms with Crippen molar-refractivity contribution >= 4 is 17.6 Å². The van der Waals surface area contributed by atoms with Gasteiger partial charge in [0.15, 0.2) is 0 Å². The summed E-state index contributed by atoms with van der Waals surface area (Å²) in [6.07, 6.45) is 3.47. The molecule has 1 nitrogen and oxygen atoms in total. The van der Waals surface area contributed by atoms with E-state index in [0.717, 1.165) is 19.3 Å². The maximum atomic E-state index is 10.6. The normalized spacial score (nSPS) is 13.1. The molecule has 0 aromatic heterocycles. The Balaban J connectivity index is 2.96. The lowest BCUT2D eigenvalue weighted by molar-refractivity contribution is 0.141. The van der Waals surface area contributed by atoms with Crippen LogP contribution in [0.1, 0.15) is 32.6 Å². The van der Waals surface area contributed by atoms with Gasteiger partial charge in [-0.25, -0.2) is 5.11 Å². The Morgan fingerprint density at radius 1 is 1.56 bits per heavy atom. The van der Waals surface area contributed by atoms with Crippen molar-refractivity contribution in [2.75, 3.05) is 0 Å². The van der Waals surface area contributed by atoms with E-state index in [0.29, 0.717) is 0 Å². The third kappa shape index (κ3) is 5.93. The van der Waals surface area contributed by atoms with E-state index in [1.807, 2.05) is 0 Å². The van der Waals surface area contributed by atoms with Gasteiger partial charge >= 0.3 is 0 Å². The first-order chi connectivity index (χ1) is 4.31. The molecular weight excluding hydrogens is 132 g/mol. The lowest BCUT2D eigenvalue weighted by Gasteiger charge is -1.98. The summed E-state index contributed by atoms with van der Waals surface area (Å²) in [4.78, 5) is 0. The Kier molecular flexibility index (Phi) is 6.21. The molecule has 0 saturated heterocycles. The van der Waals surface area contributed by atoms with Gasteiger partial charge in [-0.2, -0.15) is 0 Å². The highest BCUT2D eigenvalue weighted by Crippen LogP contribution is 2.01. The predicted molar refractivity (Wildman–Crippen MR) is 42.3 cm³/mol. The number of rotatable bonds is 5. The fourth-order valence-corrected chi connectivity index (χ4v) is 0.800. The predicted octanol–water partition coefficient (Wildman–Crippen LogP) is 2.37. The summed E-state index contributed by atoms with van der Waals surface area (Å²) in [6.45, 7) is 2.12. The van der Waals surface area contributed by atoms with Gasteiger partial charge in [0, 0.05) is 5.37 Å². The van der Waals surface area contributed by atoms with Crippen LogP contribution >= 0.6 is 12.2 Å². The van der Waals surface area contributed by atoms with Crippen molar-refractivity contribution in [3.05, 3.63) is 0 Å².